The molecule has 0 spiro atoms. The summed E-state index contributed by atoms with van der Waals surface area (Å²) in [7, 11) is 1.53. The number of aromatic nitrogens is 2. The van der Waals surface area contributed by atoms with E-state index in [1.54, 1.807) is 12.1 Å². The van der Waals surface area contributed by atoms with Gasteiger partial charge >= 0.3 is 0 Å². The van der Waals surface area contributed by atoms with Gasteiger partial charge in [-0.1, -0.05) is 48.6 Å². The molecular formula is C20H18N2O2. The molecule has 0 unspecified atom stereocenters. The second kappa shape index (κ2) is 7.33. The number of hydrogen-bond acceptors (Lipinski definition) is 3. The molecule has 0 amide bonds. The average molecular weight is 318 g/mol. The number of benzene rings is 2. The standard InChI is InChI=1S/C20H18N2O2/c1-24-20-13-16(9-12-19(20)23)8-11-18-14-17(21-22-18)10-7-15-5-3-2-4-6-15/h2-14,23H,1H3,(H,21,22). The highest BCUT2D eigenvalue weighted by Gasteiger charge is 2.01. The average Bonchev–Trinajstić information content (AvgIpc) is 3.08. The summed E-state index contributed by atoms with van der Waals surface area (Å²) in [4.78, 5) is 0. The van der Waals surface area contributed by atoms with Gasteiger partial charge in [-0.3, -0.25) is 5.10 Å². The van der Waals surface area contributed by atoms with Gasteiger partial charge in [0.25, 0.3) is 0 Å². The summed E-state index contributed by atoms with van der Waals surface area (Å²) >= 11 is 0. The zero-order chi connectivity index (χ0) is 16.8. The van der Waals surface area contributed by atoms with E-state index in [2.05, 4.69) is 10.2 Å². The van der Waals surface area contributed by atoms with E-state index in [-0.39, 0.29) is 5.75 Å². The fourth-order valence-corrected chi connectivity index (χ4v) is 2.25. The molecular weight excluding hydrogens is 300 g/mol. The van der Waals surface area contributed by atoms with Crippen LogP contribution in [-0.4, -0.2) is 22.4 Å². The minimum Gasteiger partial charge on any atom is -0.504 e. The van der Waals surface area contributed by atoms with Crippen molar-refractivity contribution in [1.29, 1.82) is 0 Å². The Kier molecular flexibility index (Phi) is 4.77. The first-order valence-electron chi connectivity index (χ1n) is 7.58. The molecule has 1 aromatic heterocycles. The smallest absolute Gasteiger partial charge is 0.161 e. The highest BCUT2D eigenvalue weighted by Crippen LogP contribution is 2.27. The van der Waals surface area contributed by atoms with Gasteiger partial charge in [0.2, 0.25) is 0 Å². The second-order valence-corrected chi connectivity index (χ2v) is 5.26. The van der Waals surface area contributed by atoms with Crippen molar-refractivity contribution >= 4 is 24.3 Å². The fourth-order valence-electron chi connectivity index (χ4n) is 2.25. The SMILES string of the molecule is COc1cc(C=Cc2cc(C=Cc3ccccc3)[nH]n2)ccc1O. The van der Waals surface area contributed by atoms with E-state index in [0.717, 1.165) is 22.5 Å². The van der Waals surface area contributed by atoms with E-state index in [9.17, 15) is 5.11 Å². The summed E-state index contributed by atoms with van der Waals surface area (Å²) in [6.45, 7) is 0. The number of rotatable bonds is 5. The van der Waals surface area contributed by atoms with Crippen LogP contribution in [0.2, 0.25) is 0 Å². The number of methoxy groups -OCH3 is 1. The van der Waals surface area contributed by atoms with Gasteiger partial charge in [-0.05, 0) is 41.5 Å². The van der Waals surface area contributed by atoms with Gasteiger partial charge < -0.3 is 9.84 Å². The summed E-state index contributed by atoms with van der Waals surface area (Å²) in [5.41, 5.74) is 3.82. The van der Waals surface area contributed by atoms with Crippen LogP contribution in [0, 0.1) is 0 Å². The number of H-pyrrole nitrogens is 1. The Balaban J connectivity index is 1.71. The van der Waals surface area contributed by atoms with Crippen molar-refractivity contribution < 1.29 is 9.84 Å². The monoisotopic (exact) mass is 318 g/mol. The van der Waals surface area contributed by atoms with Crippen LogP contribution < -0.4 is 4.74 Å². The van der Waals surface area contributed by atoms with Gasteiger partial charge in [0.1, 0.15) is 0 Å². The Morgan fingerprint density at radius 3 is 2.50 bits per heavy atom. The molecule has 0 saturated heterocycles. The fraction of sp³-hybridized carbons (Fsp3) is 0.0500. The number of nitrogens with one attached hydrogen (secondary N) is 1. The van der Waals surface area contributed by atoms with Gasteiger partial charge in [-0.25, -0.2) is 0 Å². The van der Waals surface area contributed by atoms with Crippen molar-refractivity contribution in [2.45, 2.75) is 0 Å². The topological polar surface area (TPSA) is 58.1 Å². The zero-order valence-electron chi connectivity index (χ0n) is 13.3. The molecule has 120 valence electrons. The molecule has 0 saturated carbocycles. The van der Waals surface area contributed by atoms with Crippen LogP contribution in [0.25, 0.3) is 24.3 Å². The largest absolute Gasteiger partial charge is 0.504 e. The van der Waals surface area contributed by atoms with Crippen molar-refractivity contribution in [1.82, 2.24) is 10.2 Å². The Hall–Kier alpha value is -3.27. The maximum absolute atomic E-state index is 9.60. The maximum Gasteiger partial charge on any atom is 0.161 e. The van der Waals surface area contributed by atoms with E-state index in [1.807, 2.05) is 66.8 Å². The molecule has 0 aliphatic carbocycles. The van der Waals surface area contributed by atoms with Crippen LogP contribution in [-0.2, 0) is 0 Å². The summed E-state index contributed by atoms with van der Waals surface area (Å²) in [5, 5.41) is 16.9. The van der Waals surface area contributed by atoms with Gasteiger partial charge in [0.05, 0.1) is 18.5 Å². The molecule has 2 aromatic carbocycles. The van der Waals surface area contributed by atoms with E-state index >= 15 is 0 Å². The van der Waals surface area contributed by atoms with Gasteiger partial charge in [-0.2, -0.15) is 5.10 Å². The van der Waals surface area contributed by atoms with E-state index in [4.69, 9.17) is 4.74 Å². The summed E-state index contributed by atoms with van der Waals surface area (Å²) in [5.74, 6) is 0.577. The highest BCUT2D eigenvalue weighted by molar-refractivity contribution is 5.72. The van der Waals surface area contributed by atoms with E-state index in [1.165, 1.54) is 7.11 Å². The predicted octanol–water partition coefficient (Wildman–Crippen LogP) is 4.46. The Labute approximate surface area is 140 Å². The maximum atomic E-state index is 9.60. The van der Waals surface area contributed by atoms with Crippen LogP contribution in [0.15, 0.2) is 54.6 Å². The molecule has 24 heavy (non-hydrogen) atoms. The summed E-state index contributed by atoms with van der Waals surface area (Å²) in [6, 6.07) is 17.3. The van der Waals surface area contributed by atoms with Crippen molar-refractivity contribution in [3.05, 3.63) is 77.1 Å². The Bertz CT molecular complexity index is 864. The van der Waals surface area contributed by atoms with E-state index in [0.29, 0.717) is 5.75 Å². The van der Waals surface area contributed by atoms with E-state index < -0.39 is 0 Å². The number of ether oxygens (including phenoxy) is 1. The van der Waals surface area contributed by atoms with Crippen molar-refractivity contribution in [2.75, 3.05) is 7.11 Å². The molecule has 0 aliphatic heterocycles. The van der Waals surface area contributed by atoms with Crippen molar-refractivity contribution in [2.24, 2.45) is 0 Å². The molecule has 2 N–H and O–H groups in total. The third-order valence-electron chi connectivity index (χ3n) is 3.52. The van der Waals surface area contributed by atoms with Crippen LogP contribution in [0.4, 0.5) is 0 Å². The number of phenols is 1. The number of hydrogen-bond donors (Lipinski definition) is 2. The van der Waals surface area contributed by atoms with Crippen molar-refractivity contribution in [3.63, 3.8) is 0 Å². The molecule has 0 fully saturated rings. The van der Waals surface area contributed by atoms with Crippen LogP contribution in [0.5, 0.6) is 11.5 Å². The van der Waals surface area contributed by atoms with Crippen LogP contribution in [0.3, 0.4) is 0 Å². The number of aromatic hydroxyl groups is 1. The zero-order valence-corrected chi connectivity index (χ0v) is 13.3. The first-order chi connectivity index (χ1) is 11.7. The number of phenolic OH excluding ortho intramolecular Hbond substituents is 1. The lowest BCUT2D eigenvalue weighted by molar-refractivity contribution is 0.373. The second-order valence-electron chi connectivity index (χ2n) is 5.26. The van der Waals surface area contributed by atoms with Crippen LogP contribution >= 0.6 is 0 Å². The third-order valence-corrected chi connectivity index (χ3v) is 3.52. The van der Waals surface area contributed by atoms with Gasteiger partial charge in [-0.15, -0.1) is 0 Å². The molecule has 0 bridgehead atoms. The molecule has 0 radical (unpaired) electrons. The molecule has 0 atom stereocenters. The first-order valence-corrected chi connectivity index (χ1v) is 7.58. The molecule has 1 heterocycles. The quantitative estimate of drug-likeness (QED) is 0.730. The molecule has 3 aromatic rings. The number of nitrogens with zero attached hydrogens (tertiary/aromatic N) is 1. The predicted molar refractivity (Wildman–Crippen MR) is 97.5 cm³/mol. The van der Waals surface area contributed by atoms with Crippen LogP contribution in [0.1, 0.15) is 22.5 Å². The Morgan fingerprint density at radius 2 is 1.71 bits per heavy atom. The molecule has 4 heteroatoms. The molecule has 4 nitrogen and oxygen atoms in total. The van der Waals surface area contributed by atoms with Gasteiger partial charge in [0, 0.05) is 0 Å². The summed E-state index contributed by atoms with van der Waals surface area (Å²) in [6.07, 6.45) is 7.85. The van der Waals surface area contributed by atoms with Crippen molar-refractivity contribution in [3.8, 4) is 11.5 Å². The first kappa shape index (κ1) is 15.6. The van der Waals surface area contributed by atoms with Gasteiger partial charge in [0.15, 0.2) is 11.5 Å². The number of aromatic amines is 1. The molecule has 3 rings (SSSR count). The minimum atomic E-state index is 0.128. The Morgan fingerprint density at radius 1 is 0.917 bits per heavy atom. The normalized spacial score (nSPS) is 11.4. The molecule has 0 aliphatic rings. The third kappa shape index (κ3) is 3.93. The lowest BCUT2D eigenvalue weighted by atomic mass is 10.1. The highest BCUT2D eigenvalue weighted by atomic mass is 16.5. The minimum absolute atomic E-state index is 0.128. The lowest BCUT2D eigenvalue weighted by Gasteiger charge is -2.03. The summed E-state index contributed by atoms with van der Waals surface area (Å²) < 4.78 is 5.10. The lowest BCUT2D eigenvalue weighted by Crippen LogP contribution is -1.84.